The van der Waals surface area contributed by atoms with Gasteiger partial charge in [0.1, 0.15) is 5.75 Å². The van der Waals surface area contributed by atoms with Gasteiger partial charge in [0.2, 0.25) is 0 Å². The number of primary amides is 1. The SMILES string of the molecule is CCC(Oc1ccc(C(C)=O)cc1C)C(N)=O. The number of hydrogen-bond acceptors (Lipinski definition) is 3. The van der Waals surface area contributed by atoms with E-state index in [4.69, 9.17) is 10.5 Å². The van der Waals surface area contributed by atoms with Crippen molar-refractivity contribution >= 4 is 11.7 Å². The van der Waals surface area contributed by atoms with Crippen molar-refractivity contribution in [1.29, 1.82) is 0 Å². The van der Waals surface area contributed by atoms with E-state index in [2.05, 4.69) is 0 Å². The van der Waals surface area contributed by atoms with Crippen LogP contribution in [-0.4, -0.2) is 17.8 Å². The van der Waals surface area contributed by atoms with Gasteiger partial charge in [-0.25, -0.2) is 0 Å². The maximum atomic E-state index is 11.2. The van der Waals surface area contributed by atoms with Gasteiger partial charge >= 0.3 is 0 Å². The van der Waals surface area contributed by atoms with E-state index in [0.717, 1.165) is 5.56 Å². The number of Topliss-reactive ketones (excluding diaryl/α,β-unsaturated/α-hetero) is 1. The first-order valence-corrected chi connectivity index (χ1v) is 5.53. The highest BCUT2D eigenvalue weighted by Gasteiger charge is 2.15. The summed E-state index contributed by atoms with van der Waals surface area (Å²) >= 11 is 0. The van der Waals surface area contributed by atoms with E-state index < -0.39 is 12.0 Å². The molecule has 1 atom stereocenters. The number of ether oxygens (including phenoxy) is 1. The minimum atomic E-state index is -0.628. The molecule has 0 bridgehead atoms. The smallest absolute Gasteiger partial charge is 0.258 e. The lowest BCUT2D eigenvalue weighted by atomic mass is 10.1. The van der Waals surface area contributed by atoms with E-state index in [0.29, 0.717) is 17.7 Å². The van der Waals surface area contributed by atoms with Crippen LogP contribution in [0.15, 0.2) is 18.2 Å². The number of benzene rings is 1. The van der Waals surface area contributed by atoms with Crippen molar-refractivity contribution in [3.63, 3.8) is 0 Å². The zero-order chi connectivity index (χ0) is 13.0. The maximum absolute atomic E-state index is 11.2. The first-order chi connectivity index (χ1) is 7.95. The summed E-state index contributed by atoms with van der Waals surface area (Å²) in [6.45, 7) is 5.16. The summed E-state index contributed by atoms with van der Waals surface area (Å²) in [4.78, 5) is 22.2. The third-order valence-corrected chi connectivity index (χ3v) is 2.54. The molecule has 0 aliphatic carbocycles. The lowest BCUT2D eigenvalue weighted by Gasteiger charge is -2.16. The molecule has 4 nitrogen and oxygen atoms in total. The van der Waals surface area contributed by atoms with Gasteiger partial charge in [0.15, 0.2) is 11.9 Å². The topological polar surface area (TPSA) is 69.4 Å². The van der Waals surface area contributed by atoms with Crippen LogP contribution in [0.5, 0.6) is 5.75 Å². The Morgan fingerprint density at radius 1 is 1.41 bits per heavy atom. The molecule has 0 aliphatic heterocycles. The number of hydrogen-bond donors (Lipinski definition) is 1. The Bertz CT molecular complexity index is 440. The summed E-state index contributed by atoms with van der Waals surface area (Å²) in [5.41, 5.74) is 6.65. The maximum Gasteiger partial charge on any atom is 0.258 e. The zero-order valence-corrected chi connectivity index (χ0v) is 10.3. The van der Waals surface area contributed by atoms with Gasteiger partial charge in [0.25, 0.3) is 5.91 Å². The molecule has 1 amide bonds. The molecule has 1 aromatic carbocycles. The van der Waals surface area contributed by atoms with Gasteiger partial charge in [-0.3, -0.25) is 9.59 Å². The highest BCUT2D eigenvalue weighted by atomic mass is 16.5. The summed E-state index contributed by atoms with van der Waals surface area (Å²) < 4.78 is 5.50. The average molecular weight is 235 g/mol. The summed E-state index contributed by atoms with van der Waals surface area (Å²) in [6, 6.07) is 5.11. The lowest BCUT2D eigenvalue weighted by Crippen LogP contribution is -2.33. The molecule has 1 aromatic rings. The fraction of sp³-hybridized carbons (Fsp3) is 0.385. The molecule has 0 radical (unpaired) electrons. The molecule has 1 rings (SSSR count). The van der Waals surface area contributed by atoms with Crippen LogP contribution in [0.4, 0.5) is 0 Å². The van der Waals surface area contributed by atoms with Crippen LogP contribution in [0.3, 0.4) is 0 Å². The van der Waals surface area contributed by atoms with Crippen molar-refractivity contribution in [2.24, 2.45) is 5.73 Å². The van der Waals surface area contributed by atoms with Crippen molar-refractivity contribution in [3.05, 3.63) is 29.3 Å². The summed E-state index contributed by atoms with van der Waals surface area (Å²) in [5, 5.41) is 0. The number of nitrogens with two attached hydrogens (primary N) is 1. The Hall–Kier alpha value is -1.84. The molecule has 92 valence electrons. The van der Waals surface area contributed by atoms with Gasteiger partial charge < -0.3 is 10.5 Å². The number of ketones is 1. The second kappa shape index (κ2) is 5.48. The normalized spacial score (nSPS) is 11.9. The Morgan fingerprint density at radius 2 is 2.06 bits per heavy atom. The van der Waals surface area contributed by atoms with E-state index >= 15 is 0 Å². The minimum absolute atomic E-state index is 0.00147. The van der Waals surface area contributed by atoms with Crippen LogP contribution in [0, 0.1) is 6.92 Å². The van der Waals surface area contributed by atoms with E-state index in [9.17, 15) is 9.59 Å². The quantitative estimate of drug-likeness (QED) is 0.792. The van der Waals surface area contributed by atoms with Gasteiger partial charge in [-0.15, -0.1) is 0 Å². The Balaban J connectivity index is 2.93. The highest BCUT2D eigenvalue weighted by Crippen LogP contribution is 2.21. The molecular weight excluding hydrogens is 218 g/mol. The second-order valence-corrected chi connectivity index (χ2v) is 3.95. The molecule has 17 heavy (non-hydrogen) atoms. The van der Waals surface area contributed by atoms with Gasteiger partial charge in [0, 0.05) is 5.56 Å². The first kappa shape index (κ1) is 13.2. The predicted octanol–water partition coefficient (Wildman–Crippen LogP) is 1.84. The summed E-state index contributed by atoms with van der Waals surface area (Å²) in [7, 11) is 0. The van der Waals surface area contributed by atoms with Crippen LogP contribution in [0.25, 0.3) is 0 Å². The fourth-order valence-corrected chi connectivity index (χ4v) is 1.50. The largest absolute Gasteiger partial charge is 0.480 e. The minimum Gasteiger partial charge on any atom is -0.480 e. The fourth-order valence-electron chi connectivity index (χ4n) is 1.50. The van der Waals surface area contributed by atoms with E-state index in [1.165, 1.54) is 6.92 Å². The average Bonchev–Trinajstić information content (AvgIpc) is 2.26. The van der Waals surface area contributed by atoms with Crippen LogP contribution in [0.1, 0.15) is 36.2 Å². The van der Waals surface area contributed by atoms with Crippen molar-refractivity contribution in [1.82, 2.24) is 0 Å². The third kappa shape index (κ3) is 3.31. The Kier molecular flexibility index (Phi) is 4.26. The molecule has 0 aliphatic rings. The van der Waals surface area contributed by atoms with Gasteiger partial charge in [-0.1, -0.05) is 6.92 Å². The molecule has 0 saturated heterocycles. The van der Waals surface area contributed by atoms with Crippen molar-refractivity contribution < 1.29 is 14.3 Å². The van der Waals surface area contributed by atoms with Crippen molar-refractivity contribution in [2.45, 2.75) is 33.3 Å². The third-order valence-electron chi connectivity index (χ3n) is 2.54. The molecule has 0 spiro atoms. The van der Waals surface area contributed by atoms with Crippen LogP contribution in [-0.2, 0) is 4.79 Å². The molecular formula is C13H17NO3. The van der Waals surface area contributed by atoms with Gasteiger partial charge in [0.05, 0.1) is 0 Å². The first-order valence-electron chi connectivity index (χ1n) is 5.53. The molecule has 4 heteroatoms. The second-order valence-electron chi connectivity index (χ2n) is 3.95. The number of carbonyl (C=O) groups is 2. The van der Waals surface area contributed by atoms with Gasteiger partial charge in [-0.2, -0.15) is 0 Å². The van der Waals surface area contributed by atoms with Crippen LogP contribution in [0.2, 0.25) is 0 Å². The van der Waals surface area contributed by atoms with Crippen molar-refractivity contribution in [2.75, 3.05) is 0 Å². The number of rotatable bonds is 5. The van der Waals surface area contributed by atoms with Crippen molar-refractivity contribution in [3.8, 4) is 5.75 Å². The predicted molar refractivity (Wildman–Crippen MR) is 65.1 cm³/mol. The lowest BCUT2D eigenvalue weighted by molar-refractivity contribution is -0.124. The number of carbonyl (C=O) groups excluding carboxylic acids is 2. The Labute approximate surface area is 101 Å². The summed E-state index contributed by atoms with van der Waals surface area (Å²) in [5.74, 6) is 0.102. The molecule has 0 saturated carbocycles. The number of aryl methyl sites for hydroxylation is 1. The van der Waals surface area contributed by atoms with Crippen LogP contribution >= 0.6 is 0 Å². The molecule has 1 unspecified atom stereocenters. The highest BCUT2D eigenvalue weighted by molar-refractivity contribution is 5.94. The molecule has 2 N–H and O–H groups in total. The monoisotopic (exact) mass is 235 g/mol. The van der Waals surface area contributed by atoms with Gasteiger partial charge in [-0.05, 0) is 44.0 Å². The number of amides is 1. The molecule has 0 heterocycles. The van der Waals surface area contributed by atoms with E-state index in [1.54, 1.807) is 18.2 Å². The van der Waals surface area contributed by atoms with Crippen LogP contribution < -0.4 is 10.5 Å². The molecule has 0 fully saturated rings. The van der Waals surface area contributed by atoms with E-state index in [1.807, 2.05) is 13.8 Å². The standard InChI is InChI=1S/C13H17NO3/c1-4-11(13(14)16)17-12-6-5-10(9(3)15)7-8(12)2/h5-7,11H,4H2,1-3H3,(H2,14,16). The Morgan fingerprint density at radius 3 is 2.47 bits per heavy atom. The van der Waals surface area contributed by atoms with E-state index in [-0.39, 0.29) is 5.78 Å². The molecule has 0 aromatic heterocycles. The zero-order valence-electron chi connectivity index (χ0n) is 10.3. The summed E-state index contributed by atoms with van der Waals surface area (Å²) in [6.07, 6.45) is -0.111.